The van der Waals surface area contributed by atoms with Gasteiger partial charge in [0.1, 0.15) is 22.9 Å². The zero-order chi connectivity index (χ0) is 23.5. The third-order valence-electron chi connectivity index (χ3n) is 4.93. The highest BCUT2D eigenvalue weighted by Gasteiger charge is 2.20. The Morgan fingerprint density at radius 2 is 1.73 bits per heavy atom. The molecule has 0 aliphatic carbocycles. The average Bonchev–Trinajstić information content (AvgIpc) is 3.44. The maximum atomic E-state index is 12.7. The predicted octanol–water partition coefficient (Wildman–Crippen LogP) is 3.68. The fourth-order valence-electron chi connectivity index (χ4n) is 3.21. The summed E-state index contributed by atoms with van der Waals surface area (Å²) >= 11 is 1.05. The summed E-state index contributed by atoms with van der Waals surface area (Å²) in [6.07, 6.45) is 0. The molecule has 11 heteroatoms. The van der Waals surface area contributed by atoms with Crippen LogP contribution in [0.15, 0.2) is 36.4 Å². The molecule has 2 aromatic heterocycles. The number of benzene rings is 2. The highest BCUT2D eigenvalue weighted by molar-refractivity contribution is 7.10. The lowest BCUT2D eigenvalue weighted by molar-refractivity contribution is 0.102. The number of aromatic nitrogens is 5. The molecule has 33 heavy (non-hydrogen) atoms. The van der Waals surface area contributed by atoms with Crippen LogP contribution in [0.2, 0.25) is 0 Å². The molecule has 0 saturated heterocycles. The zero-order valence-corrected chi connectivity index (χ0v) is 19.6. The maximum absolute atomic E-state index is 12.7. The molecule has 4 rings (SSSR count). The van der Waals surface area contributed by atoms with Crippen LogP contribution in [-0.2, 0) is 0 Å². The Morgan fingerprint density at radius 3 is 2.39 bits per heavy atom. The van der Waals surface area contributed by atoms with Crippen molar-refractivity contribution in [2.24, 2.45) is 0 Å². The summed E-state index contributed by atoms with van der Waals surface area (Å²) in [7, 11) is 4.65. The molecule has 4 aromatic rings. The van der Waals surface area contributed by atoms with E-state index in [0.717, 1.165) is 28.5 Å². The minimum absolute atomic E-state index is 0.332. The number of amides is 1. The van der Waals surface area contributed by atoms with Crippen molar-refractivity contribution in [1.29, 1.82) is 0 Å². The smallest absolute Gasteiger partial charge is 0.257 e. The molecule has 0 fully saturated rings. The van der Waals surface area contributed by atoms with E-state index < -0.39 is 0 Å². The Kier molecular flexibility index (Phi) is 6.22. The van der Waals surface area contributed by atoms with Crippen LogP contribution in [0.25, 0.3) is 17.2 Å². The first-order valence-corrected chi connectivity index (χ1v) is 10.7. The first kappa shape index (κ1) is 22.2. The number of hydrogen-bond acceptors (Lipinski definition) is 9. The van der Waals surface area contributed by atoms with Crippen LogP contribution in [0.4, 0.5) is 5.13 Å². The van der Waals surface area contributed by atoms with Gasteiger partial charge in [-0.05, 0) is 43.7 Å². The molecular formula is C22H22N6O4S. The molecule has 1 N–H and O–H groups in total. The molecule has 0 atom stereocenters. The number of methoxy groups -OCH3 is 3. The van der Waals surface area contributed by atoms with Gasteiger partial charge in [-0.1, -0.05) is 11.3 Å². The van der Waals surface area contributed by atoms with Crippen LogP contribution < -0.4 is 19.5 Å². The lowest BCUT2D eigenvalue weighted by Gasteiger charge is -2.10. The van der Waals surface area contributed by atoms with Crippen molar-refractivity contribution in [1.82, 2.24) is 24.4 Å². The largest absolute Gasteiger partial charge is 0.497 e. The molecule has 0 radical (unpaired) electrons. The van der Waals surface area contributed by atoms with E-state index in [1.165, 1.54) is 14.2 Å². The Labute approximate surface area is 194 Å². The van der Waals surface area contributed by atoms with Gasteiger partial charge in [0.05, 0.1) is 27.0 Å². The SMILES string of the molecule is COc1cc(OC)cc(C(=O)Nc2nc(-c3nnn(-c4cc(C)ccc4OC)c3C)ns2)c1. The summed E-state index contributed by atoms with van der Waals surface area (Å²) in [6, 6.07) is 10.7. The maximum Gasteiger partial charge on any atom is 0.257 e. The Morgan fingerprint density at radius 1 is 1.00 bits per heavy atom. The first-order valence-electron chi connectivity index (χ1n) is 9.89. The number of nitrogens with one attached hydrogen (secondary N) is 1. The third kappa shape index (κ3) is 4.48. The fraction of sp³-hybridized carbons (Fsp3) is 0.227. The highest BCUT2D eigenvalue weighted by atomic mass is 32.1. The molecule has 1 amide bonds. The molecule has 0 unspecified atom stereocenters. The van der Waals surface area contributed by atoms with Crippen molar-refractivity contribution in [3.8, 4) is 34.5 Å². The number of rotatable bonds is 7. The fourth-order valence-corrected chi connectivity index (χ4v) is 3.77. The average molecular weight is 467 g/mol. The lowest BCUT2D eigenvalue weighted by Crippen LogP contribution is -2.12. The summed E-state index contributed by atoms with van der Waals surface area (Å²) < 4.78 is 21.9. The summed E-state index contributed by atoms with van der Waals surface area (Å²) in [6.45, 7) is 3.86. The van der Waals surface area contributed by atoms with Gasteiger partial charge < -0.3 is 14.2 Å². The summed E-state index contributed by atoms with van der Waals surface area (Å²) in [5.41, 5.74) is 3.46. The summed E-state index contributed by atoms with van der Waals surface area (Å²) in [5, 5.41) is 11.6. The predicted molar refractivity (Wildman–Crippen MR) is 124 cm³/mol. The topological polar surface area (TPSA) is 113 Å². The number of carbonyl (C=O) groups excluding carboxylic acids is 1. The van der Waals surface area contributed by atoms with E-state index >= 15 is 0 Å². The normalized spacial score (nSPS) is 10.7. The second kappa shape index (κ2) is 9.25. The molecular weight excluding hydrogens is 444 g/mol. The molecule has 2 heterocycles. The first-order chi connectivity index (χ1) is 15.9. The molecule has 170 valence electrons. The van der Waals surface area contributed by atoms with Crippen molar-refractivity contribution in [2.75, 3.05) is 26.6 Å². The number of hydrogen-bond donors (Lipinski definition) is 1. The van der Waals surface area contributed by atoms with Gasteiger partial charge >= 0.3 is 0 Å². The lowest BCUT2D eigenvalue weighted by atomic mass is 10.2. The number of aryl methyl sites for hydroxylation is 1. The quantitative estimate of drug-likeness (QED) is 0.439. The molecule has 2 aromatic carbocycles. The van der Waals surface area contributed by atoms with Gasteiger partial charge in [0.2, 0.25) is 5.13 Å². The molecule has 0 bridgehead atoms. The molecule has 0 saturated carbocycles. The summed E-state index contributed by atoms with van der Waals surface area (Å²) in [5.74, 6) is 1.70. The van der Waals surface area contributed by atoms with Crippen molar-refractivity contribution >= 4 is 22.6 Å². The Balaban J connectivity index is 1.59. The van der Waals surface area contributed by atoms with Crippen molar-refractivity contribution < 1.29 is 19.0 Å². The van der Waals surface area contributed by atoms with E-state index in [4.69, 9.17) is 14.2 Å². The number of anilines is 1. The van der Waals surface area contributed by atoms with Gasteiger partial charge in [-0.2, -0.15) is 9.36 Å². The minimum Gasteiger partial charge on any atom is -0.497 e. The van der Waals surface area contributed by atoms with Crippen LogP contribution in [0.3, 0.4) is 0 Å². The van der Waals surface area contributed by atoms with Gasteiger partial charge in [0.15, 0.2) is 11.5 Å². The van der Waals surface area contributed by atoms with Gasteiger partial charge in [0.25, 0.3) is 5.91 Å². The van der Waals surface area contributed by atoms with E-state index in [-0.39, 0.29) is 5.91 Å². The van der Waals surface area contributed by atoms with Crippen LogP contribution in [0.1, 0.15) is 21.6 Å². The number of carbonyl (C=O) groups is 1. The van der Waals surface area contributed by atoms with E-state index in [1.807, 2.05) is 32.0 Å². The van der Waals surface area contributed by atoms with Gasteiger partial charge in [-0.3, -0.25) is 10.1 Å². The van der Waals surface area contributed by atoms with Crippen LogP contribution in [0, 0.1) is 13.8 Å². The second-order valence-electron chi connectivity index (χ2n) is 7.09. The van der Waals surface area contributed by atoms with E-state index in [9.17, 15) is 4.79 Å². The summed E-state index contributed by atoms with van der Waals surface area (Å²) in [4.78, 5) is 17.2. The second-order valence-corrected chi connectivity index (χ2v) is 7.84. The van der Waals surface area contributed by atoms with Crippen LogP contribution in [0.5, 0.6) is 17.2 Å². The van der Waals surface area contributed by atoms with Gasteiger partial charge in [0, 0.05) is 23.2 Å². The van der Waals surface area contributed by atoms with Crippen molar-refractivity contribution in [2.45, 2.75) is 13.8 Å². The minimum atomic E-state index is -0.361. The van der Waals surface area contributed by atoms with Gasteiger partial charge in [-0.25, -0.2) is 4.68 Å². The Bertz CT molecular complexity index is 1290. The standard InChI is InChI=1S/C22H22N6O4S/c1-12-6-7-18(32-5)17(8-12)28-13(2)19(25-27-28)20-23-22(33-26-20)24-21(29)14-9-15(30-3)11-16(10-14)31-4/h6-11H,1-5H3,(H,23,24,26,29). The Hall–Kier alpha value is -3.99. The third-order valence-corrected chi connectivity index (χ3v) is 5.56. The molecule has 0 spiro atoms. The van der Waals surface area contributed by atoms with E-state index in [1.54, 1.807) is 30.0 Å². The molecule has 0 aliphatic rings. The van der Waals surface area contributed by atoms with Crippen molar-refractivity contribution in [3.05, 3.63) is 53.2 Å². The zero-order valence-electron chi connectivity index (χ0n) is 18.7. The molecule has 10 nitrogen and oxygen atoms in total. The monoisotopic (exact) mass is 466 g/mol. The molecule has 0 aliphatic heterocycles. The number of ether oxygens (including phenoxy) is 3. The van der Waals surface area contributed by atoms with E-state index in [0.29, 0.717) is 39.5 Å². The van der Waals surface area contributed by atoms with Crippen molar-refractivity contribution in [3.63, 3.8) is 0 Å². The van der Waals surface area contributed by atoms with E-state index in [2.05, 4.69) is 25.0 Å². The van der Waals surface area contributed by atoms with Gasteiger partial charge in [-0.15, -0.1) is 5.10 Å². The number of nitrogens with zero attached hydrogens (tertiary/aromatic N) is 5. The van der Waals surface area contributed by atoms with Crippen LogP contribution >= 0.6 is 11.5 Å². The highest BCUT2D eigenvalue weighted by Crippen LogP contribution is 2.29. The van der Waals surface area contributed by atoms with Crippen LogP contribution in [-0.4, -0.2) is 51.6 Å².